The molecule has 2 aromatic carbocycles. The topological polar surface area (TPSA) is 38.3 Å². The van der Waals surface area contributed by atoms with Gasteiger partial charge >= 0.3 is 6.09 Å². The molecule has 0 heterocycles. The maximum atomic E-state index is 12.0. The molecule has 0 saturated heterocycles. The van der Waals surface area contributed by atoms with Gasteiger partial charge in [-0.15, -0.1) is 0 Å². The van der Waals surface area contributed by atoms with Crippen molar-refractivity contribution in [2.24, 2.45) is 0 Å². The molecule has 3 nitrogen and oxygen atoms in total. The summed E-state index contributed by atoms with van der Waals surface area (Å²) in [6.07, 6.45) is 5.64. The first kappa shape index (κ1) is 18.2. The molecule has 0 radical (unpaired) electrons. The number of hydrogen-bond acceptors (Lipinski definition) is 2. The predicted molar refractivity (Wildman–Crippen MR) is 107 cm³/mol. The molecular weight excluding hydrogens is 322 g/mol. The van der Waals surface area contributed by atoms with E-state index in [1.807, 2.05) is 20.8 Å². The second kappa shape index (κ2) is 7.36. The molecule has 1 N–H and O–H groups in total. The van der Waals surface area contributed by atoms with Crippen LogP contribution in [0.3, 0.4) is 0 Å². The Morgan fingerprint density at radius 1 is 1.00 bits per heavy atom. The van der Waals surface area contributed by atoms with E-state index in [-0.39, 0.29) is 12.1 Å². The van der Waals surface area contributed by atoms with Crippen LogP contribution in [0.25, 0.3) is 12.2 Å². The first-order valence-corrected chi connectivity index (χ1v) is 9.14. The maximum Gasteiger partial charge on any atom is 0.407 e. The minimum absolute atomic E-state index is 0.108. The zero-order valence-electron chi connectivity index (χ0n) is 16.0. The Hall–Kier alpha value is -2.55. The first-order valence-electron chi connectivity index (χ1n) is 9.14. The standard InChI is InChI=1S/C23H27NO2/c1-16-5-7-17(8-6-16)9-10-18-11-12-19-14-21(15-20(19)13-18)24-22(25)26-23(2,3)4/h5-13,21H,14-15H2,1-4H3,(H,24,25)/b10-9+. The van der Waals surface area contributed by atoms with Gasteiger partial charge in [0.05, 0.1) is 0 Å². The average molecular weight is 349 g/mol. The van der Waals surface area contributed by atoms with Gasteiger partial charge in [0.15, 0.2) is 0 Å². The Labute approximate surface area is 156 Å². The van der Waals surface area contributed by atoms with E-state index < -0.39 is 5.60 Å². The fraction of sp³-hybridized carbons (Fsp3) is 0.348. The third-order valence-electron chi connectivity index (χ3n) is 4.43. The van der Waals surface area contributed by atoms with Crippen molar-refractivity contribution in [3.05, 3.63) is 70.3 Å². The smallest absolute Gasteiger partial charge is 0.407 e. The predicted octanol–water partition coefficient (Wildman–Crippen LogP) is 5.16. The molecule has 0 aliphatic heterocycles. The minimum atomic E-state index is -0.469. The third kappa shape index (κ3) is 4.98. The number of carbonyl (C=O) groups is 1. The number of hydrogen-bond donors (Lipinski definition) is 1. The fourth-order valence-corrected chi connectivity index (χ4v) is 3.19. The molecule has 1 aliphatic carbocycles. The molecule has 2 aromatic rings. The molecule has 3 heteroatoms. The zero-order chi connectivity index (χ0) is 18.7. The molecule has 1 atom stereocenters. The summed E-state index contributed by atoms with van der Waals surface area (Å²) >= 11 is 0. The van der Waals surface area contributed by atoms with Crippen molar-refractivity contribution < 1.29 is 9.53 Å². The van der Waals surface area contributed by atoms with E-state index in [1.165, 1.54) is 27.8 Å². The summed E-state index contributed by atoms with van der Waals surface area (Å²) in [5, 5.41) is 2.99. The number of nitrogens with one attached hydrogen (secondary N) is 1. The molecule has 1 amide bonds. The van der Waals surface area contributed by atoms with Crippen LogP contribution < -0.4 is 5.32 Å². The number of carbonyl (C=O) groups excluding carboxylic acids is 1. The number of benzene rings is 2. The van der Waals surface area contributed by atoms with Gasteiger partial charge in [0, 0.05) is 6.04 Å². The van der Waals surface area contributed by atoms with Gasteiger partial charge in [0.2, 0.25) is 0 Å². The van der Waals surface area contributed by atoms with Gasteiger partial charge in [-0.1, -0.05) is 60.2 Å². The van der Waals surface area contributed by atoms with Crippen molar-refractivity contribution in [1.82, 2.24) is 5.32 Å². The van der Waals surface area contributed by atoms with Crippen molar-refractivity contribution in [2.75, 3.05) is 0 Å². The van der Waals surface area contributed by atoms with E-state index in [0.29, 0.717) is 0 Å². The number of amides is 1. The molecule has 1 unspecified atom stereocenters. The monoisotopic (exact) mass is 349 g/mol. The van der Waals surface area contributed by atoms with Gasteiger partial charge in [-0.05, 0) is 62.8 Å². The number of rotatable bonds is 3. The van der Waals surface area contributed by atoms with Crippen LogP contribution in [-0.2, 0) is 17.6 Å². The molecule has 1 aliphatic rings. The minimum Gasteiger partial charge on any atom is -0.444 e. The SMILES string of the molecule is Cc1ccc(/C=C/c2ccc3c(c2)CC(NC(=O)OC(C)(C)C)C3)cc1. The van der Waals surface area contributed by atoms with Gasteiger partial charge in [-0.3, -0.25) is 0 Å². The van der Waals surface area contributed by atoms with E-state index in [4.69, 9.17) is 4.74 Å². The molecule has 0 bridgehead atoms. The first-order chi connectivity index (χ1) is 12.3. The lowest BCUT2D eigenvalue weighted by Crippen LogP contribution is -2.39. The summed E-state index contributed by atoms with van der Waals surface area (Å²) < 4.78 is 5.36. The lowest BCUT2D eigenvalue weighted by atomic mass is 10.1. The van der Waals surface area contributed by atoms with Crippen molar-refractivity contribution in [3.63, 3.8) is 0 Å². The Morgan fingerprint density at radius 2 is 1.62 bits per heavy atom. The highest BCUT2D eigenvalue weighted by Crippen LogP contribution is 2.24. The lowest BCUT2D eigenvalue weighted by Gasteiger charge is -2.21. The number of aryl methyl sites for hydroxylation is 1. The van der Waals surface area contributed by atoms with Crippen LogP contribution in [0.1, 0.15) is 48.6 Å². The van der Waals surface area contributed by atoms with Crippen LogP contribution in [0.2, 0.25) is 0 Å². The number of ether oxygens (including phenoxy) is 1. The number of alkyl carbamates (subject to hydrolysis) is 1. The van der Waals surface area contributed by atoms with E-state index in [0.717, 1.165) is 12.8 Å². The summed E-state index contributed by atoms with van der Waals surface area (Å²) in [6, 6.07) is 15.1. The van der Waals surface area contributed by atoms with E-state index >= 15 is 0 Å². The maximum absolute atomic E-state index is 12.0. The second-order valence-corrected chi connectivity index (χ2v) is 8.02. The van der Waals surface area contributed by atoms with E-state index in [2.05, 4.69) is 66.9 Å². The van der Waals surface area contributed by atoms with Crippen LogP contribution in [0.5, 0.6) is 0 Å². The van der Waals surface area contributed by atoms with Crippen LogP contribution in [0.4, 0.5) is 4.79 Å². The second-order valence-electron chi connectivity index (χ2n) is 8.02. The zero-order valence-corrected chi connectivity index (χ0v) is 16.0. The average Bonchev–Trinajstić information content (AvgIpc) is 2.93. The van der Waals surface area contributed by atoms with Crippen LogP contribution in [-0.4, -0.2) is 17.7 Å². The van der Waals surface area contributed by atoms with Crippen molar-refractivity contribution in [1.29, 1.82) is 0 Å². The van der Waals surface area contributed by atoms with Gasteiger partial charge < -0.3 is 10.1 Å². The van der Waals surface area contributed by atoms with Crippen LogP contribution >= 0.6 is 0 Å². The van der Waals surface area contributed by atoms with E-state index in [1.54, 1.807) is 0 Å². The van der Waals surface area contributed by atoms with E-state index in [9.17, 15) is 4.79 Å². The third-order valence-corrected chi connectivity index (χ3v) is 4.43. The molecular formula is C23H27NO2. The highest BCUT2D eigenvalue weighted by atomic mass is 16.6. The molecule has 136 valence electrons. The molecule has 0 fully saturated rings. The van der Waals surface area contributed by atoms with Gasteiger partial charge in [-0.25, -0.2) is 4.79 Å². The summed E-state index contributed by atoms with van der Waals surface area (Å²) in [5.41, 5.74) is 5.78. The Balaban J connectivity index is 1.63. The van der Waals surface area contributed by atoms with Gasteiger partial charge in [-0.2, -0.15) is 0 Å². The summed E-state index contributed by atoms with van der Waals surface area (Å²) in [4.78, 5) is 12.0. The molecule has 0 aromatic heterocycles. The van der Waals surface area contributed by atoms with Gasteiger partial charge in [0.25, 0.3) is 0 Å². The molecule has 0 spiro atoms. The van der Waals surface area contributed by atoms with Gasteiger partial charge in [0.1, 0.15) is 5.60 Å². The lowest BCUT2D eigenvalue weighted by molar-refractivity contribution is 0.0506. The Bertz CT molecular complexity index is 813. The summed E-state index contributed by atoms with van der Waals surface area (Å²) in [7, 11) is 0. The molecule has 3 rings (SSSR count). The molecule has 26 heavy (non-hydrogen) atoms. The van der Waals surface area contributed by atoms with Crippen LogP contribution in [0.15, 0.2) is 42.5 Å². The molecule has 0 saturated carbocycles. The van der Waals surface area contributed by atoms with Crippen molar-refractivity contribution in [3.8, 4) is 0 Å². The quantitative estimate of drug-likeness (QED) is 0.778. The highest BCUT2D eigenvalue weighted by molar-refractivity contribution is 5.71. The fourth-order valence-electron chi connectivity index (χ4n) is 3.19. The normalized spacial score (nSPS) is 16.5. The highest BCUT2D eigenvalue weighted by Gasteiger charge is 2.25. The Morgan fingerprint density at radius 3 is 2.31 bits per heavy atom. The largest absolute Gasteiger partial charge is 0.444 e. The van der Waals surface area contributed by atoms with Crippen molar-refractivity contribution in [2.45, 2.75) is 52.2 Å². The number of fused-ring (bicyclic) bond motifs is 1. The summed E-state index contributed by atoms with van der Waals surface area (Å²) in [6.45, 7) is 7.73. The Kier molecular flexibility index (Phi) is 5.17. The van der Waals surface area contributed by atoms with Crippen LogP contribution in [0, 0.1) is 6.92 Å². The van der Waals surface area contributed by atoms with Crippen molar-refractivity contribution >= 4 is 18.2 Å². The summed E-state index contributed by atoms with van der Waals surface area (Å²) in [5.74, 6) is 0.